The zero-order valence-corrected chi connectivity index (χ0v) is 17.0. The molecule has 0 unspecified atom stereocenters. The lowest BCUT2D eigenvalue weighted by atomic mass is 10.0. The van der Waals surface area contributed by atoms with E-state index in [0.29, 0.717) is 4.90 Å². The molecule has 0 saturated heterocycles. The quantitative estimate of drug-likeness (QED) is 0.534. The van der Waals surface area contributed by atoms with Crippen LogP contribution in [0.2, 0.25) is 0 Å². The Morgan fingerprint density at radius 3 is 2.07 bits per heavy atom. The van der Waals surface area contributed by atoms with E-state index in [1.165, 1.54) is 6.92 Å². The van der Waals surface area contributed by atoms with Crippen LogP contribution in [0.4, 0.5) is 0 Å². The van der Waals surface area contributed by atoms with E-state index < -0.39 is 34.7 Å². The van der Waals surface area contributed by atoms with Crippen molar-refractivity contribution in [3.05, 3.63) is 66.2 Å². The molecule has 0 aromatic heterocycles. The number of rotatable bonds is 10. The summed E-state index contributed by atoms with van der Waals surface area (Å²) >= 11 is 0. The van der Waals surface area contributed by atoms with Crippen LogP contribution in [0.15, 0.2) is 65.6 Å². The molecule has 0 spiro atoms. The van der Waals surface area contributed by atoms with Gasteiger partial charge in [0.15, 0.2) is 0 Å². The highest BCUT2D eigenvalue weighted by Gasteiger charge is 2.25. The van der Waals surface area contributed by atoms with Crippen LogP contribution in [-0.4, -0.2) is 39.8 Å². The van der Waals surface area contributed by atoms with Crippen molar-refractivity contribution in [3.8, 4) is 0 Å². The second-order valence-electron chi connectivity index (χ2n) is 6.56. The fraction of sp³-hybridized carbons (Fsp3) is 0.286. The summed E-state index contributed by atoms with van der Waals surface area (Å²) in [4.78, 5) is 36.7. The lowest BCUT2D eigenvalue weighted by Gasteiger charge is -2.21. The van der Waals surface area contributed by atoms with E-state index in [4.69, 9.17) is 5.73 Å². The molecule has 0 heterocycles. The van der Waals surface area contributed by atoms with Gasteiger partial charge in [-0.05, 0) is 24.1 Å². The molecular weight excluding hydrogens is 390 g/mol. The summed E-state index contributed by atoms with van der Waals surface area (Å²) in [6, 6.07) is 16.2. The molecule has 2 aromatic carbocycles. The van der Waals surface area contributed by atoms with E-state index in [0.717, 1.165) is 5.56 Å². The van der Waals surface area contributed by atoms with E-state index in [9.17, 15) is 18.6 Å². The first-order chi connectivity index (χ1) is 13.9. The molecule has 29 heavy (non-hydrogen) atoms. The molecular formula is C21H25N3O4S. The number of benzene rings is 2. The van der Waals surface area contributed by atoms with Crippen LogP contribution in [0.3, 0.4) is 0 Å². The van der Waals surface area contributed by atoms with E-state index in [1.54, 1.807) is 24.3 Å². The van der Waals surface area contributed by atoms with E-state index >= 15 is 0 Å². The van der Waals surface area contributed by atoms with Crippen molar-refractivity contribution in [1.29, 1.82) is 0 Å². The van der Waals surface area contributed by atoms with Gasteiger partial charge in [0.1, 0.15) is 12.1 Å². The normalized spacial score (nSPS) is 13.7. The van der Waals surface area contributed by atoms with Gasteiger partial charge in [0.2, 0.25) is 17.7 Å². The highest BCUT2D eigenvalue weighted by molar-refractivity contribution is 7.85. The standard InChI is InChI=1S/C21H25N3O4S/c1-15(25)23-19(14-16-8-4-2-5-9-16)21(27)24-18(20(22)26)12-13-29(28)17-10-6-3-7-11-17/h2-11,18-19H,12-14H2,1H3,(H2,22,26)(H,23,25)(H,24,27)/t18-,19+,29-/m0/s1. The number of nitrogens with one attached hydrogen (secondary N) is 2. The van der Waals surface area contributed by atoms with Crippen molar-refractivity contribution in [2.75, 3.05) is 5.75 Å². The molecule has 8 heteroatoms. The fourth-order valence-corrected chi connectivity index (χ4v) is 3.92. The smallest absolute Gasteiger partial charge is 0.243 e. The van der Waals surface area contributed by atoms with E-state index in [1.807, 2.05) is 36.4 Å². The Labute approximate surface area is 172 Å². The fourth-order valence-electron chi connectivity index (χ4n) is 2.78. The van der Waals surface area contributed by atoms with Gasteiger partial charge in [-0.15, -0.1) is 0 Å². The molecule has 2 rings (SSSR count). The van der Waals surface area contributed by atoms with Crippen molar-refractivity contribution in [2.24, 2.45) is 5.73 Å². The minimum absolute atomic E-state index is 0.126. The molecule has 0 radical (unpaired) electrons. The van der Waals surface area contributed by atoms with Gasteiger partial charge in [-0.2, -0.15) is 0 Å². The lowest BCUT2D eigenvalue weighted by molar-refractivity contribution is -0.130. The summed E-state index contributed by atoms with van der Waals surface area (Å²) in [5.74, 6) is -1.42. The monoisotopic (exact) mass is 415 g/mol. The first-order valence-electron chi connectivity index (χ1n) is 9.21. The summed E-state index contributed by atoms with van der Waals surface area (Å²) in [6.07, 6.45) is 0.397. The molecule has 4 N–H and O–H groups in total. The van der Waals surface area contributed by atoms with Crippen LogP contribution in [0, 0.1) is 0 Å². The first-order valence-corrected chi connectivity index (χ1v) is 10.5. The lowest BCUT2D eigenvalue weighted by Crippen LogP contribution is -2.53. The predicted octanol–water partition coefficient (Wildman–Crippen LogP) is 0.902. The minimum atomic E-state index is -1.32. The molecule has 0 bridgehead atoms. The highest BCUT2D eigenvalue weighted by atomic mass is 32.2. The van der Waals surface area contributed by atoms with Crippen molar-refractivity contribution in [2.45, 2.75) is 36.7 Å². The van der Waals surface area contributed by atoms with Crippen LogP contribution >= 0.6 is 0 Å². The average molecular weight is 416 g/mol. The molecule has 0 aliphatic heterocycles. The molecule has 3 atom stereocenters. The maximum atomic E-state index is 12.7. The van der Waals surface area contributed by atoms with Gasteiger partial charge in [-0.3, -0.25) is 18.6 Å². The van der Waals surface area contributed by atoms with Crippen molar-refractivity contribution in [1.82, 2.24) is 10.6 Å². The number of amides is 3. The SMILES string of the molecule is CC(=O)N[C@H](Cc1ccccc1)C(=O)N[C@@H](CC[S@](=O)c1ccccc1)C(N)=O. The Bertz CT molecular complexity index is 859. The van der Waals surface area contributed by atoms with Crippen LogP contribution < -0.4 is 16.4 Å². The minimum Gasteiger partial charge on any atom is -0.368 e. The van der Waals surface area contributed by atoms with E-state index in [2.05, 4.69) is 10.6 Å². The Morgan fingerprint density at radius 1 is 0.931 bits per heavy atom. The predicted molar refractivity (Wildman–Crippen MR) is 111 cm³/mol. The van der Waals surface area contributed by atoms with E-state index in [-0.39, 0.29) is 24.5 Å². The van der Waals surface area contributed by atoms with Gasteiger partial charge in [-0.25, -0.2) is 0 Å². The van der Waals surface area contributed by atoms with Crippen LogP contribution in [0.1, 0.15) is 18.9 Å². The number of hydrogen-bond acceptors (Lipinski definition) is 4. The molecule has 7 nitrogen and oxygen atoms in total. The molecule has 0 aliphatic rings. The third-order valence-corrected chi connectivity index (χ3v) is 5.64. The van der Waals surface area contributed by atoms with Gasteiger partial charge in [0.05, 0.1) is 10.8 Å². The zero-order valence-electron chi connectivity index (χ0n) is 16.2. The number of carbonyl (C=O) groups is 3. The van der Waals surface area contributed by atoms with Crippen molar-refractivity contribution in [3.63, 3.8) is 0 Å². The third kappa shape index (κ3) is 7.50. The Hall–Kier alpha value is -3.00. The topological polar surface area (TPSA) is 118 Å². The molecule has 0 saturated carbocycles. The maximum Gasteiger partial charge on any atom is 0.243 e. The summed E-state index contributed by atoms with van der Waals surface area (Å²) in [6.45, 7) is 1.32. The summed E-state index contributed by atoms with van der Waals surface area (Å²) in [5, 5.41) is 5.19. The van der Waals surface area contributed by atoms with Gasteiger partial charge in [0, 0.05) is 24.0 Å². The van der Waals surface area contributed by atoms with Crippen LogP contribution in [0.5, 0.6) is 0 Å². The Kier molecular flexibility index (Phi) is 8.54. The van der Waals surface area contributed by atoms with Gasteiger partial charge < -0.3 is 16.4 Å². The van der Waals surface area contributed by atoms with Crippen molar-refractivity contribution < 1.29 is 18.6 Å². The molecule has 154 valence electrons. The second kappa shape index (κ2) is 11.1. The Balaban J connectivity index is 2.02. The zero-order chi connectivity index (χ0) is 21.2. The molecule has 3 amide bonds. The Morgan fingerprint density at radius 2 is 1.52 bits per heavy atom. The number of primary amides is 1. The van der Waals surface area contributed by atoms with Crippen LogP contribution in [0.25, 0.3) is 0 Å². The average Bonchev–Trinajstić information content (AvgIpc) is 2.71. The number of hydrogen-bond donors (Lipinski definition) is 3. The highest BCUT2D eigenvalue weighted by Crippen LogP contribution is 2.09. The number of carbonyl (C=O) groups excluding carboxylic acids is 3. The molecule has 0 fully saturated rings. The summed E-state index contributed by atoms with van der Waals surface area (Å²) < 4.78 is 12.4. The number of nitrogens with two attached hydrogens (primary N) is 1. The van der Waals surface area contributed by atoms with Gasteiger partial charge in [0.25, 0.3) is 0 Å². The third-order valence-electron chi connectivity index (χ3n) is 4.23. The largest absolute Gasteiger partial charge is 0.368 e. The van der Waals surface area contributed by atoms with Crippen molar-refractivity contribution >= 4 is 28.5 Å². The summed E-state index contributed by atoms with van der Waals surface area (Å²) in [5.41, 5.74) is 6.29. The summed E-state index contributed by atoms with van der Waals surface area (Å²) in [7, 11) is -1.32. The maximum absolute atomic E-state index is 12.7. The second-order valence-corrected chi connectivity index (χ2v) is 8.13. The molecule has 0 aliphatic carbocycles. The van der Waals surface area contributed by atoms with Crippen LogP contribution in [-0.2, 0) is 31.6 Å². The van der Waals surface area contributed by atoms with Gasteiger partial charge in [-0.1, -0.05) is 48.5 Å². The van der Waals surface area contributed by atoms with Gasteiger partial charge >= 0.3 is 0 Å². The first kappa shape index (κ1) is 22.3. The molecule has 2 aromatic rings.